The number of carbonyl (C=O) groups is 1. The molecule has 214 valence electrons. The number of ether oxygens (including phenoxy) is 1. The Kier molecular flexibility index (Phi) is 7.05. The quantitative estimate of drug-likeness (QED) is 0.492. The van der Waals surface area contributed by atoms with Crippen molar-refractivity contribution in [2.75, 3.05) is 18.1 Å². The number of sulfonamides is 1. The zero-order chi connectivity index (χ0) is 27.9. The standard InChI is InChI=1S/C28H37N7O4S/c1-28(2)18-21-8-5-14-33-15-12-25(31-33)40(37,38)32-27(36)22-9-10-23(29-26(22)34(28)19-21)35-16-11-24(30-35)39-17-13-20-6-3-4-7-20/h9-12,15-16,20-21H,3-8,13-14,17-19H2,1-2H3,(H,32,36)/t21-/m1/s1. The third-order valence-corrected chi connectivity index (χ3v) is 9.71. The normalized spacial score (nSPS) is 22.5. The summed E-state index contributed by atoms with van der Waals surface area (Å²) in [7, 11) is -4.15. The summed E-state index contributed by atoms with van der Waals surface area (Å²) >= 11 is 0. The maximum atomic E-state index is 13.4. The number of pyridine rings is 1. The van der Waals surface area contributed by atoms with Gasteiger partial charge in [0, 0.05) is 37.1 Å². The van der Waals surface area contributed by atoms with Crippen molar-refractivity contribution in [2.45, 2.75) is 82.3 Å². The smallest absolute Gasteiger partial charge is 0.283 e. The molecule has 0 spiro atoms. The minimum absolute atomic E-state index is 0.176. The molecule has 2 aliphatic heterocycles. The number of aromatic nitrogens is 5. The molecule has 12 heteroatoms. The number of rotatable bonds is 5. The van der Waals surface area contributed by atoms with Crippen molar-refractivity contribution in [3.63, 3.8) is 0 Å². The van der Waals surface area contributed by atoms with Gasteiger partial charge in [-0.3, -0.25) is 9.48 Å². The van der Waals surface area contributed by atoms with Crippen LogP contribution in [0.5, 0.6) is 5.88 Å². The molecule has 0 radical (unpaired) electrons. The van der Waals surface area contributed by atoms with Crippen LogP contribution in [0.25, 0.3) is 5.82 Å². The summed E-state index contributed by atoms with van der Waals surface area (Å²) in [6, 6.07) is 6.54. The average molecular weight is 568 g/mol. The van der Waals surface area contributed by atoms with E-state index < -0.39 is 15.9 Å². The van der Waals surface area contributed by atoms with Crippen LogP contribution < -0.4 is 14.4 Å². The highest BCUT2D eigenvalue weighted by Crippen LogP contribution is 2.40. The van der Waals surface area contributed by atoms with Crippen LogP contribution in [0.3, 0.4) is 0 Å². The van der Waals surface area contributed by atoms with Crippen molar-refractivity contribution in [2.24, 2.45) is 11.8 Å². The number of nitrogens with zero attached hydrogens (tertiary/aromatic N) is 6. The van der Waals surface area contributed by atoms with Crippen molar-refractivity contribution >= 4 is 21.7 Å². The molecule has 6 rings (SSSR count). The van der Waals surface area contributed by atoms with Gasteiger partial charge >= 0.3 is 0 Å². The summed E-state index contributed by atoms with van der Waals surface area (Å²) in [5.41, 5.74) is -0.0841. The molecule has 1 amide bonds. The van der Waals surface area contributed by atoms with Crippen molar-refractivity contribution in [1.29, 1.82) is 0 Å². The third-order valence-electron chi connectivity index (χ3n) is 8.49. The topological polar surface area (TPSA) is 124 Å². The first-order valence-electron chi connectivity index (χ1n) is 14.3. The van der Waals surface area contributed by atoms with Crippen molar-refractivity contribution in [3.05, 3.63) is 42.2 Å². The molecule has 1 atom stereocenters. The second kappa shape index (κ2) is 10.5. The van der Waals surface area contributed by atoms with E-state index in [4.69, 9.17) is 9.72 Å². The van der Waals surface area contributed by atoms with Crippen LogP contribution in [0.2, 0.25) is 0 Å². The molecule has 3 aromatic heterocycles. The van der Waals surface area contributed by atoms with E-state index in [1.807, 2.05) is 6.07 Å². The third kappa shape index (κ3) is 5.45. The fraction of sp³-hybridized carbons (Fsp3) is 0.571. The van der Waals surface area contributed by atoms with E-state index in [2.05, 4.69) is 33.7 Å². The number of fused-ring (bicyclic) bond motifs is 6. The van der Waals surface area contributed by atoms with Gasteiger partial charge in [-0.1, -0.05) is 25.7 Å². The van der Waals surface area contributed by atoms with E-state index in [9.17, 15) is 13.2 Å². The van der Waals surface area contributed by atoms with Crippen LogP contribution in [0.15, 0.2) is 41.7 Å². The first-order valence-corrected chi connectivity index (χ1v) is 15.7. The number of anilines is 1. The largest absolute Gasteiger partial charge is 0.477 e. The molecule has 11 nitrogen and oxygen atoms in total. The molecule has 1 N–H and O–H groups in total. The van der Waals surface area contributed by atoms with Crippen LogP contribution in [0, 0.1) is 11.8 Å². The van der Waals surface area contributed by atoms with Gasteiger partial charge in [0.25, 0.3) is 15.9 Å². The highest BCUT2D eigenvalue weighted by Gasteiger charge is 2.41. The summed E-state index contributed by atoms with van der Waals surface area (Å²) in [4.78, 5) is 20.5. The van der Waals surface area contributed by atoms with Gasteiger partial charge in [-0.25, -0.2) is 14.4 Å². The van der Waals surface area contributed by atoms with E-state index in [1.165, 1.54) is 31.7 Å². The molecule has 2 fully saturated rings. The first-order chi connectivity index (χ1) is 19.2. The molecular formula is C28H37N7O4S. The summed E-state index contributed by atoms with van der Waals surface area (Å²) in [5, 5.41) is 8.59. The monoisotopic (exact) mass is 567 g/mol. The SMILES string of the molecule is CC1(C)C[C@H]2CCCn3ccc(n3)S(=O)(=O)NC(=O)c3ccc(-n4ccc(OCCC5CCCC5)n4)nc3N1C2. The fourth-order valence-corrected chi connectivity index (χ4v) is 7.34. The summed E-state index contributed by atoms with van der Waals surface area (Å²) in [6.45, 7) is 6.25. The van der Waals surface area contributed by atoms with E-state index in [0.29, 0.717) is 36.6 Å². The summed E-state index contributed by atoms with van der Waals surface area (Å²) in [5.74, 6) is 1.91. The Morgan fingerprint density at radius 2 is 1.88 bits per heavy atom. The Morgan fingerprint density at radius 1 is 1.05 bits per heavy atom. The predicted octanol–water partition coefficient (Wildman–Crippen LogP) is 3.94. The van der Waals surface area contributed by atoms with Crippen LogP contribution >= 0.6 is 0 Å². The molecule has 0 aromatic carbocycles. The average Bonchev–Trinajstić information content (AvgIpc) is 3.71. The number of carbonyl (C=O) groups excluding carboxylic acids is 1. The second-order valence-corrected chi connectivity index (χ2v) is 13.5. The molecule has 5 heterocycles. The van der Waals surface area contributed by atoms with Gasteiger partial charge < -0.3 is 9.64 Å². The Labute approximate surface area is 235 Å². The number of nitrogens with one attached hydrogen (secondary N) is 1. The Morgan fingerprint density at radius 3 is 2.70 bits per heavy atom. The highest BCUT2D eigenvalue weighted by molar-refractivity contribution is 7.90. The fourth-order valence-electron chi connectivity index (χ4n) is 6.43. The molecule has 1 saturated carbocycles. The van der Waals surface area contributed by atoms with E-state index >= 15 is 0 Å². The van der Waals surface area contributed by atoms with Crippen LogP contribution in [0.4, 0.5) is 5.82 Å². The van der Waals surface area contributed by atoms with Gasteiger partial charge in [0.1, 0.15) is 5.82 Å². The minimum atomic E-state index is -4.15. The van der Waals surface area contributed by atoms with Crippen molar-refractivity contribution in [1.82, 2.24) is 29.3 Å². The maximum absolute atomic E-state index is 13.4. The van der Waals surface area contributed by atoms with Crippen LogP contribution in [0.1, 0.15) is 75.6 Å². The Hall–Kier alpha value is -3.41. The molecule has 3 aromatic rings. The lowest BCUT2D eigenvalue weighted by Gasteiger charge is -2.34. The lowest BCUT2D eigenvalue weighted by Crippen LogP contribution is -2.41. The number of hydrogen-bond acceptors (Lipinski definition) is 8. The number of aryl methyl sites for hydroxylation is 1. The summed E-state index contributed by atoms with van der Waals surface area (Å²) in [6.07, 6.45) is 12.4. The van der Waals surface area contributed by atoms with Gasteiger partial charge in [0.2, 0.25) is 5.88 Å². The minimum Gasteiger partial charge on any atom is -0.477 e. The predicted molar refractivity (Wildman–Crippen MR) is 149 cm³/mol. The number of amides is 1. The van der Waals surface area contributed by atoms with Gasteiger partial charge in [0.15, 0.2) is 10.8 Å². The van der Waals surface area contributed by atoms with Gasteiger partial charge in [-0.15, -0.1) is 5.10 Å². The first kappa shape index (κ1) is 26.8. The zero-order valence-corrected chi connectivity index (χ0v) is 23.9. The zero-order valence-electron chi connectivity index (χ0n) is 23.1. The molecule has 3 aliphatic rings. The van der Waals surface area contributed by atoms with E-state index in [-0.39, 0.29) is 16.1 Å². The Balaban J connectivity index is 1.31. The van der Waals surface area contributed by atoms with Gasteiger partial charge in [0.05, 0.1) is 12.2 Å². The molecule has 1 saturated heterocycles. The molecule has 1 aliphatic carbocycles. The maximum Gasteiger partial charge on any atom is 0.283 e. The second-order valence-electron chi connectivity index (χ2n) is 11.9. The molecular weight excluding hydrogens is 530 g/mol. The van der Waals surface area contributed by atoms with Crippen molar-refractivity contribution < 1.29 is 17.9 Å². The lowest BCUT2D eigenvalue weighted by atomic mass is 9.93. The van der Waals surface area contributed by atoms with Crippen LogP contribution in [-0.2, 0) is 16.6 Å². The highest BCUT2D eigenvalue weighted by atomic mass is 32.2. The molecule has 4 bridgehead atoms. The van der Waals surface area contributed by atoms with Crippen molar-refractivity contribution in [3.8, 4) is 11.7 Å². The summed E-state index contributed by atoms with van der Waals surface area (Å²) < 4.78 is 37.4. The van der Waals surface area contributed by atoms with E-state index in [1.54, 1.807) is 33.9 Å². The molecule has 0 unspecified atom stereocenters. The van der Waals surface area contributed by atoms with Gasteiger partial charge in [-0.2, -0.15) is 13.5 Å². The van der Waals surface area contributed by atoms with Crippen LogP contribution in [-0.4, -0.2) is 57.6 Å². The molecule has 40 heavy (non-hydrogen) atoms. The number of hydrogen-bond donors (Lipinski definition) is 1. The van der Waals surface area contributed by atoms with Gasteiger partial charge in [-0.05, 0) is 69.6 Å². The Bertz CT molecular complexity index is 1490. The van der Waals surface area contributed by atoms with E-state index in [0.717, 1.165) is 38.1 Å². The lowest BCUT2D eigenvalue weighted by molar-refractivity contribution is 0.0981.